The van der Waals surface area contributed by atoms with E-state index in [1.807, 2.05) is 30.5 Å². The topological polar surface area (TPSA) is 52.0 Å². The summed E-state index contributed by atoms with van der Waals surface area (Å²) < 4.78 is 0. The van der Waals surface area contributed by atoms with Crippen LogP contribution in [0.5, 0.6) is 0 Å². The second-order valence-electron chi connectivity index (χ2n) is 5.82. The van der Waals surface area contributed by atoms with E-state index in [0.717, 1.165) is 35.2 Å². The first-order chi connectivity index (χ1) is 11.7. The molecule has 1 fully saturated rings. The quantitative estimate of drug-likeness (QED) is 0.775. The van der Waals surface area contributed by atoms with Crippen molar-refractivity contribution in [2.24, 2.45) is 0 Å². The van der Waals surface area contributed by atoms with Crippen LogP contribution in [0.25, 0.3) is 5.57 Å². The normalized spacial score (nSPS) is 15.2. The zero-order valence-corrected chi connectivity index (χ0v) is 15.1. The predicted molar refractivity (Wildman–Crippen MR) is 102 cm³/mol. The summed E-state index contributed by atoms with van der Waals surface area (Å²) in [6.45, 7) is 4.03. The van der Waals surface area contributed by atoms with Gasteiger partial charge in [-0.15, -0.1) is 11.3 Å². The number of nitrogens with one attached hydrogen (secondary N) is 1. The van der Waals surface area contributed by atoms with Crippen molar-refractivity contribution in [3.05, 3.63) is 45.5 Å². The van der Waals surface area contributed by atoms with E-state index in [9.17, 15) is 5.26 Å². The molecule has 0 unspecified atom stereocenters. The van der Waals surface area contributed by atoms with E-state index in [2.05, 4.69) is 21.3 Å². The highest BCUT2D eigenvalue weighted by Crippen LogP contribution is 2.31. The van der Waals surface area contributed by atoms with E-state index in [1.54, 1.807) is 6.20 Å². The summed E-state index contributed by atoms with van der Waals surface area (Å²) in [6.07, 6.45) is 5.42. The van der Waals surface area contributed by atoms with Crippen LogP contribution in [0.15, 0.2) is 29.8 Å². The van der Waals surface area contributed by atoms with Crippen LogP contribution in [0.3, 0.4) is 0 Å². The Morgan fingerprint density at radius 1 is 1.38 bits per heavy atom. The summed E-state index contributed by atoms with van der Waals surface area (Å²) in [4.78, 5) is 6.75. The number of benzene rings is 1. The third kappa shape index (κ3) is 3.89. The highest BCUT2D eigenvalue weighted by Gasteiger charge is 2.15. The van der Waals surface area contributed by atoms with Gasteiger partial charge in [-0.1, -0.05) is 11.6 Å². The van der Waals surface area contributed by atoms with Gasteiger partial charge in [0.15, 0.2) is 0 Å². The molecule has 2 aromatic rings. The Morgan fingerprint density at radius 2 is 2.17 bits per heavy atom. The standard InChI is InChI=1S/C18H19ClN4S/c1-13-12-24-18(22-13)14(10-20)11-21-16-9-15(19)5-6-17(16)23-7-3-2-4-8-23/h5-6,9,11-12,21H,2-4,7-8H2,1H3/b14-11+. The third-order valence-corrected chi connectivity index (χ3v) is 5.23. The van der Waals surface area contributed by atoms with Crippen molar-refractivity contribution in [3.63, 3.8) is 0 Å². The number of aryl methyl sites for hydroxylation is 1. The van der Waals surface area contributed by atoms with Crippen LogP contribution in [0, 0.1) is 18.3 Å². The van der Waals surface area contributed by atoms with Crippen molar-refractivity contribution in [3.8, 4) is 6.07 Å². The predicted octanol–water partition coefficient (Wildman–Crippen LogP) is 5.07. The summed E-state index contributed by atoms with van der Waals surface area (Å²) in [6, 6.07) is 8.08. The number of rotatable bonds is 4. The second-order valence-corrected chi connectivity index (χ2v) is 7.11. The molecular formula is C18H19ClN4S. The maximum absolute atomic E-state index is 9.41. The van der Waals surface area contributed by atoms with Crippen molar-refractivity contribution >= 4 is 39.9 Å². The van der Waals surface area contributed by atoms with Gasteiger partial charge < -0.3 is 10.2 Å². The van der Waals surface area contributed by atoms with Crippen molar-refractivity contribution in [1.82, 2.24) is 4.98 Å². The average Bonchev–Trinajstić information content (AvgIpc) is 3.03. The molecule has 4 nitrogen and oxygen atoms in total. The maximum Gasteiger partial charge on any atom is 0.135 e. The molecule has 0 spiro atoms. The van der Waals surface area contributed by atoms with Crippen LogP contribution in [-0.4, -0.2) is 18.1 Å². The first-order valence-electron chi connectivity index (χ1n) is 8.01. The summed E-state index contributed by atoms with van der Waals surface area (Å²) >= 11 is 7.65. The lowest BCUT2D eigenvalue weighted by atomic mass is 10.1. The maximum atomic E-state index is 9.41. The minimum Gasteiger partial charge on any atom is -0.370 e. The minimum absolute atomic E-state index is 0.526. The molecule has 24 heavy (non-hydrogen) atoms. The van der Waals surface area contributed by atoms with Crippen LogP contribution >= 0.6 is 22.9 Å². The fraction of sp³-hybridized carbons (Fsp3) is 0.333. The molecular weight excluding hydrogens is 340 g/mol. The molecule has 3 rings (SSSR count). The Balaban J connectivity index is 1.87. The third-order valence-electron chi connectivity index (χ3n) is 4.00. The lowest BCUT2D eigenvalue weighted by Crippen LogP contribution is -2.29. The van der Waals surface area contributed by atoms with Gasteiger partial charge in [0.2, 0.25) is 0 Å². The summed E-state index contributed by atoms with van der Waals surface area (Å²) in [7, 11) is 0. The van der Waals surface area contributed by atoms with Gasteiger partial charge >= 0.3 is 0 Å². The highest BCUT2D eigenvalue weighted by molar-refractivity contribution is 7.10. The Labute approximate surface area is 151 Å². The van der Waals surface area contributed by atoms with E-state index < -0.39 is 0 Å². The van der Waals surface area contributed by atoms with Gasteiger partial charge in [-0.2, -0.15) is 5.26 Å². The lowest BCUT2D eigenvalue weighted by Gasteiger charge is -2.30. The number of anilines is 2. The number of halogens is 1. The molecule has 2 heterocycles. The molecule has 6 heteroatoms. The van der Waals surface area contributed by atoms with Gasteiger partial charge in [0.05, 0.1) is 11.4 Å². The van der Waals surface area contributed by atoms with E-state index >= 15 is 0 Å². The molecule has 1 N–H and O–H groups in total. The average molecular weight is 359 g/mol. The number of aromatic nitrogens is 1. The van der Waals surface area contributed by atoms with Gasteiger partial charge in [0, 0.05) is 35.4 Å². The number of hydrogen-bond donors (Lipinski definition) is 1. The van der Waals surface area contributed by atoms with Crippen molar-refractivity contribution in [1.29, 1.82) is 5.26 Å². The summed E-state index contributed by atoms with van der Waals surface area (Å²) in [5.41, 5.74) is 3.50. The molecule has 1 aliphatic rings. The summed E-state index contributed by atoms with van der Waals surface area (Å²) in [5, 5.41) is 16.0. The molecule has 1 aliphatic heterocycles. The zero-order valence-electron chi connectivity index (χ0n) is 13.6. The number of nitrogens with zero attached hydrogens (tertiary/aromatic N) is 3. The van der Waals surface area contributed by atoms with Crippen LogP contribution in [0.4, 0.5) is 11.4 Å². The highest BCUT2D eigenvalue weighted by atomic mass is 35.5. The molecule has 1 aromatic carbocycles. The number of thiazole rings is 1. The smallest absolute Gasteiger partial charge is 0.135 e. The van der Waals surface area contributed by atoms with Gasteiger partial charge in [-0.3, -0.25) is 0 Å². The van der Waals surface area contributed by atoms with E-state index in [4.69, 9.17) is 11.6 Å². The molecule has 0 atom stereocenters. The van der Waals surface area contributed by atoms with Crippen LogP contribution in [0.2, 0.25) is 5.02 Å². The van der Waals surface area contributed by atoms with E-state index in [0.29, 0.717) is 10.6 Å². The largest absolute Gasteiger partial charge is 0.370 e. The van der Waals surface area contributed by atoms with E-state index in [1.165, 1.54) is 30.6 Å². The molecule has 0 saturated carbocycles. The lowest BCUT2D eigenvalue weighted by molar-refractivity contribution is 0.578. The zero-order chi connectivity index (χ0) is 16.9. The molecule has 1 saturated heterocycles. The second kappa shape index (κ2) is 7.69. The minimum atomic E-state index is 0.526. The van der Waals surface area contributed by atoms with Crippen LogP contribution in [0.1, 0.15) is 30.0 Å². The van der Waals surface area contributed by atoms with E-state index in [-0.39, 0.29) is 0 Å². The fourth-order valence-corrected chi connectivity index (χ4v) is 3.74. The Morgan fingerprint density at radius 3 is 2.83 bits per heavy atom. The monoisotopic (exact) mass is 358 g/mol. The molecule has 1 aromatic heterocycles. The van der Waals surface area contributed by atoms with Crippen molar-refractivity contribution in [2.45, 2.75) is 26.2 Å². The summed E-state index contributed by atoms with van der Waals surface area (Å²) in [5.74, 6) is 0. The Kier molecular flexibility index (Phi) is 5.39. The van der Waals surface area contributed by atoms with Gasteiger partial charge in [0.1, 0.15) is 16.6 Å². The van der Waals surface area contributed by atoms with Crippen LogP contribution in [-0.2, 0) is 0 Å². The molecule has 124 valence electrons. The first kappa shape index (κ1) is 16.8. The fourth-order valence-electron chi connectivity index (χ4n) is 2.80. The Bertz CT molecular complexity index is 785. The van der Waals surface area contributed by atoms with Gasteiger partial charge in [-0.05, 0) is 44.4 Å². The SMILES string of the molecule is Cc1csc(/C(C#N)=C/Nc2cc(Cl)ccc2N2CCCCC2)n1. The molecule has 0 aliphatic carbocycles. The number of allylic oxidation sites excluding steroid dienone is 1. The molecule has 0 amide bonds. The molecule has 0 radical (unpaired) electrons. The molecule has 0 bridgehead atoms. The van der Waals surface area contributed by atoms with Crippen molar-refractivity contribution in [2.75, 3.05) is 23.3 Å². The Hall–Kier alpha value is -2.03. The van der Waals surface area contributed by atoms with Crippen molar-refractivity contribution < 1.29 is 0 Å². The first-order valence-corrected chi connectivity index (χ1v) is 9.27. The van der Waals surface area contributed by atoms with Gasteiger partial charge in [0.25, 0.3) is 0 Å². The van der Waals surface area contributed by atoms with Crippen LogP contribution < -0.4 is 10.2 Å². The number of hydrogen-bond acceptors (Lipinski definition) is 5. The van der Waals surface area contributed by atoms with Gasteiger partial charge in [-0.25, -0.2) is 4.98 Å². The number of piperidine rings is 1. The number of nitriles is 1.